The molecule has 5 heteroatoms. The Balaban J connectivity index is 1.90. The van der Waals surface area contributed by atoms with Crippen LogP contribution in [-0.2, 0) is 11.3 Å². The number of likely N-dealkylation sites (N-methyl/N-ethyl adjacent to an activating group) is 1. The van der Waals surface area contributed by atoms with Crippen LogP contribution in [0.15, 0.2) is 66.9 Å². The topological polar surface area (TPSA) is 51.4 Å². The van der Waals surface area contributed by atoms with E-state index in [2.05, 4.69) is 30.6 Å². The van der Waals surface area contributed by atoms with Crippen LogP contribution in [0.2, 0.25) is 0 Å². The van der Waals surface area contributed by atoms with E-state index in [0.717, 1.165) is 35.6 Å². The van der Waals surface area contributed by atoms with E-state index in [9.17, 15) is 4.79 Å². The quantitative estimate of drug-likeness (QED) is 0.634. The third-order valence-corrected chi connectivity index (χ3v) is 4.66. The van der Waals surface area contributed by atoms with Gasteiger partial charge in [0, 0.05) is 17.8 Å². The number of hydrogen-bond donors (Lipinski definition) is 2. The van der Waals surface area contributed by atoms with E-state index in [0.29, 0.717) is 6.54 Å². The Morgan fingerprint density at radius 3 is 2.32 bits per heavy atom. The first-order chi connectivity index (χ1) is 13.6. The molecule has 3 aromatic rings. The van der Waals surface area contributed by atoms with E-state index >= 15 is 0 Å². The van der Waals surface area contributed by atoms with E-state index in [4.69, 9.17) is 5.10 Å². The molecule has 2 aromatic carbocycles. The second-order valence-electron chi connectivity index (χ2n) is 7.33. The summed E-state index contributed by atoms with van der Waals surface area (Å²) in [6.45, 7) is 8.17. The SMILES string of the molecule is CC[NH+](CC(=O)NC(C)C)Cc1cn(-c2ccccc2)nc1-c1ccccc1. The summed E-state index contributed by atoms with van der Waals surface area (Å²) >= 11 is 0. The molecule has 1 atom stereocenters. The number of nitrogens with zero attached hydrogens (tertiary/aromatic N) is 2. The van der Waals surface area contributed by atoms with E-state index in [1.807, 2.05) is 67.1 Å². The lowest BCUT2D eigenvalue weighted by Crippen LogP contribution is -3.11. The first kappa shape index (κ1) is 19.8. The lowest BCUT2D eigenvalue weighted by Gasteiger charge is -2.18. The van der Waals surface area contributed by atoms with Gasteiger partial charge in [-0.25, -0.2) is 4.68 Å². The van der Waals surface area contributed by atoms with Gasteiger partial charge in [-0.15, -0.1) is 0 Å². The molecule has 0 aliphatic carbocycles. The summed E-state index contributed by atoms with van der Waals surface area (Å²) in [5, 5.41) is 7.86. The number of rotatable bonds is 8. The third-order valence-electron chi connectivity index (χ3n) is 4.66. The zero-order valence-corrected chi connectivity index (χ0v) is 16.9. The van der Waals surface area contributed by atoms with Crippen molar-refractivity contribution in [2.24, 2.45) is 0 Å². The Bertz CT molecular complexity index is 887. The minimum absolute atomic E-state index is 0.0866. The van der Waals surface area contributed by atoms with Crippen LogP contribution in [0.4, 0.5) is 0 Å². The van der Waals surface area contributed by atoms with E-state index < -0.39 is 0 Å². The summed E-state index contributed by atoms with van der Waals surface area (Å²) in [5.74, 6) is 0.0866. The molecule has 3 rings (SSSR count). The molecular weight excluding hydrogens is 348 g/mol. The number of amides is 1. The van der Waals surface area contributed by atoms with Crippen LogP contribution in [0, 0.1) is 0 Å². The fourth-order valence-electron chi connectivity index (χ4n) is 3.27. The second kappa shape index (κ2) is 9.33. The van der Waals surface area contributed by atoms with Crippen molar-refractivity contribution >= 4 is 5.91 Å². The predicted molar refractivity (Wildman–Crippen MR) is 112 cm³/mol. The largest absolute Gasteiger partial charge is 0.349 e. The van der Waals surface area contributed by atoms with Crippen molar-refractivity contribution in [1.82, 2.24) is 15.1 Å². The van der Waals surface area contributed by atoms with Gasteiger partial charge in [-0.1, -0.05) is 48.5 Å². The Labute approximate surface area is 167 Å². The molecular formula is C23H29N4O+. The molecule has 0 aliphatic heterocycles. The van der Waals surface area contributed by atoms with Gasteiger partial charge in [-0.2, -0.15) is 5.10 Å². The third kappa shape index (κ3) is 5.08. The number of para-hydroxylation sites is 1. The molecule has 0 fully saturated rings. The average molecular weight is 378 g/mol. The number of benzene rings is 2. The summed E-state index contributed by atoms with van der Waals surface area (Å²) in [7, 11) is 0. The number of nitrogens with one attached hydrogen (secondary N) is 2. The molecule has 1 heterocycles. The summed E-state index contributed by atoms with van der Waals surface area (Å²) in [6.07, 6.45) is 2.09. The zero-order valence-electron chi connectivity index (χ0n) is 16.9. The summed E-state index contributed by atoms with van der Waals surface area (Å²) < 4.78 is 1.93. The second-order valence-corrected chi connectivity index (χ2v) is 7.33. The highest BCUT2D eigenvalue weighted by Crippen LogP contribution is 2.23. The number of carbonyl (C=O) groups excluding carboxylic acids is 1. The van der Waals surface area contributed by atoms with Crippen LogP contribution in [-0.4, -0.2) is 34.8 Å². The fourth-order valence-corrected chi connectivity index (χ4v) is 3.27. The molecule has 0 saturated carbocycles. The predicted octanol–water partition coefficient (Wildman–Crippen LogP) is 2.47. The zero-order chi connectivity index (χ0) is 19.9. The first-order valence-electron chi connectivity index (χ1n) is 9.89. The van der Waals surface area contributed by atoms with Crippen LogP contribution in [0.25, 0.3) is 16.9 Å². The molecule has 5 nitrogen and oxygen atoms in total. The fraction of sp³-hybridized carbons (Fsp3) is 0.304. The van der Waals surface area contributed by atoms with Crippen LogP contribution < -0.4 is 10.2 Å². The van der Waals surface area contributed by atoms with Crippen molar-refractivity contribution in [2.75, 3.05) is 13.1 Å². The maximum Gasteiger partial charge on any atom is 0.275 e. The molecule has 0 radical (unpaired) electrons. The smallest absolute Gasteiger partial charge is 0.275 e. The van der Waals surface area contributed by atoms with Crippen molar-refractivity contribution in [1.29, 1.82) is 0 Å². The Hall–Kier alpha value is -2.92. The molecule has 1 aromatic heterocycles. The van der Waals surface area contributed by atoms with Gasteiger partial charge in [0.1, 0.15) is 12.2 Å². The minimum Gasteiger partial charge on any atom is -0.349 e. The maximum atomic E-state index is 12.2. The number of aromatic nitrogens is 2. The molecule has 0 saturated heterocycles. The summed E-state index contributed by atoms with van der Waals surface area (Å²) in [4.78, 5) is 13.5. The number of carbonyl (C=O) groups is 1. The van der Waals surface area contributed by atoms with Gasteiger partial charge < -0.3 is 10.2 Å². The van der Waals surface area contributed by atoms with E-state index in [1.165, 1.54) is 4.90 Å². The maximum absolute atomic E-state index is 12.2. The molecule has 0 aliphatic rings. The van der Waals surface area contributed by atoms with Crippen LogP contribution in [0.3, 0.4) is 0 Å². The molecule has 1 unspecified atom stereocenters. The van der Waals surface area contributed by atoms with Crippen molar-refractivity contribution in [3.05, 3.63) is 72.4 Å². The highest BCUT2D eigenvalue weighted by Gasteiger charge is 2.19. The normalized spacial score (nSPS) is 12.1. The molecule has 2 N–H and O–H groups in total. The van der Waals surface area contributed by atoms with Crippen LogP contribution in [0.5, 0.6) is 0 Å². The summed E-state index contributed by atoms with van der Waals surface area (Å²) in [6, 6.07) is 20.5. The van der Waals surface area contributed by atoms with E-state index in [-0.39, 0.29) is 11.9 Å². The molecule has 146 valence electrons. The van der Waals surface area contributed by atoms with Crippen LogP contribution >= 0.6 is 0 Å². The summed E-state index contributed by atoms with van der Waals surface area (Å²) in [5.41, 5.74) is 4.24. The number of quaternary nitrogens is 1. The van der Waals surface area contributed by atoms with Gasteiger partial charge in [-0.05, 0) is 32.9 Å². The number of hydrogen-bond acceptors (Lipinski definition) is 2. The minimum atomic E-state index is 0.0866. The Morgan fingerprint density at radius 2 is 1.71 bits per heavy atom. The molecule has 1 amide bonds. The van der Waals surface area contributed by atoms with Gasteiger partial charge in [0.2, 0.25) is 0 Å². The van der Waals surface area contributed by atoms with Crippen LogP contribution in [0.1, 0.15) is 26.3 Å². The van der Waals surface area contributed by atoms with Gasteiger partial charge in [0.25, 0.3) is 5.91 Å². The van der Waals surface area contributed by atoms with Gasteiger partial charge in [0.15, 0.2) is 6.54 Å². The first-order valence-corrected chi connectivity index (χ1v) is 9.89. The average Bonchev–Trinajstić information content (AvgIpc) is 3.12. The molecule has 28 heavy (non-hydrogen) atoms. The molecule has 0 bridgehead atoms. The Morgan fingerprint density at radius 1 is 1.07 bits per heavy atom. The van der Waals surface area contributed by atoms with Crippen molar-refractivity contribution in [3.8, 4) is 16.9 Å². The van der Waals surface area contributed by atoms with Crippen molar-refractivity contribution < 1.29 is 9.69 Å². The highest BCUT2D eigenvalue weighted by atomic mass is 16.2. The molecule has 0 spiro atoms. The van der Waals surface area contributed by atoms with Crippen molar-refractivity contribution in [2.45, 2.75) is 33.4 Å². The Kier molecular flexibility index (Phi) is 6.61. The lowest BCUT2D eigenvalue weighted by molar-refractivity contribution is -0.904. The van der Waals surface area contributed by atoms with E-state index in [1.54, 1.807) is 0 Å². The van der Waals surface area contributed by atoms with Gasteiger partial charge in [0.05, 0.1) is 17.8 Å². The monoisotopic (exact) mass is 377 g/mol. The highest BCUT2D eigenvalue weighted by molar-refractivity contribution is 5.77. The van der Waals surface area contributed by atoms with Gasteiger partial charge >= 0.3 is 0 Å². The lowest BCUT2D eigenvalue weighted by atomic mass is 10.1. The van der Waals surface area contributed by atoms with Gasteiger partial charge in [-0.3, -0.25) is 4.79 Å². The van der Waals surface area contributed by atoms with Crippen molar-refractivity contribution in [3.63, 3.8) is 0 Å². The standard InChI is InChI=1S/C23H28N4O/c1-4-26(17-22(28)24-18(2)3)15-20-16-27(21-13-9-6-10-14-21)25-23(20)19-11-7-5-8-12-19/h5-14,16,18H,4,15,17H2,1-3H3,(H,24,28)/p+1.